The highest BCUT2D eigenvalue weighted by molar-refractivity contribution is 5.97. The fourth-order valence-electron chi connectivity index (χ4n) is 8.10. The smallest absolute Gasteiger partial charge is 0.148 e. The van der Waals surface area contributed by atoms with Crippen molar-refractivity contribution in [2.24, 2.45) is 0 Å². The van der Waals surface area contributed by atoms with Gasteiger partial charge in [0.2, 0.25) is 0 Å². The molecular weight excluding hydrogens is 793 g/mol. The molecule has 0 unspecified atom stereocenters. The molecule has 3 aromatic heterocycles. The highest BCUT2D eigenvalue weighted by Gasteiger charge is 2.21. The zero-order valence-electron chi connectivity index (χ0n) is 34.8. The maximum atomic E-state index is 5.76. The molecule has 7 aromatic rings. The normalized spacial score (nSPS) is 11.4. The van der Waals surface area contributed by atoms with Gasteiger partial charge in [-0.25, -0.2) is 4.98 Å². The average Bonchev–Trinajstić information content (AvgIpc) is 4.19. The lowest BCUT2D eigenvalue weighted by molar-refractivity contribution is 0.370. The Labute approximate surface area is 372 Å². The molecule has 8 heteroatoms. The standard InChI is InChI=1S/C56H40N4O4/c1-5-33-61-41-17-9-37(10-18-41)53-45-25-27-47(57-45)54(38-11-19-42(20-12-38)62-34-6-2)49-29-31-51(59-49)56(40-15-23-44(24-16-40)64-36-8-4)52-32-30-50(60-52)55(48-28-26-46(53)58-48)39-13-21-43(22-14-39)63-35-7-3/h1-4,9-29,31,58-59H,30,32-36H2. The van der Waals surface area contributed by atoms with E-state index in [9.17, 15) is 0 Å². The minimum Gasteiger partial charge on any atom is -0.481 e. The van der Waals surface area contributed by atoms with Crippen LogP contribution in [0.1, 0.15) is 22.8 Å². The Balaban J connectivity index is 1.36. The molecule has 0 fully saturated rings. The van der Waals surface area contributed by atoms with Crippen molar-refractivity contribution in [2.45, 2.75) is 12.8 Å². The molecule has 5 heterocycles. The number of aromatic nitrogens is 4. The van der Waals surface area contributed by atoms with E-state index in [1.807, 2.05) is 97.1 Å². The number of fused-ring (bicyclic) bond motifs is 8. The quantitative estimate of drug-likeness (QED) is 0.119. The first-order valence-corrected chi connectivity index (χ1v) is 20.7. The number of aromatic amines is 2. The van der Waals surface area contributed by atoms with Gasteiger partial charge in [0.25, 0.3) is 0 Å². The summed E-state index contributed by atoms with van der Waals surface area (Å²) >= 11 is 0. The molecule has 0 aliphatic carbocycles. The molecule has 308 valence electrons. The maximum absolute atomic E-state index is 5.76. The number of terminal acetylenes is 4. The molecular formula is C56H40N4O4. The van der Waals surface area contributed by atoms with Crippen LogP contribution in [0.2, 0.25) is 0 Å². The molecule has 0 atom stereocenters. The lowest BCUT2D eigenvalue weighted by Gasteiger charge is -2.09. The first-order chi connectivity index (χ1) is 31.5. The number of aryl methyl sites for hydroxylation is 2. The van der Waals surface area contributed by atoms with Crippen LogP contribution < -0.4 is 18.9 Å². The highest BCUT2D eigenvalue weighted by Crippen LogP contribution is 2.39. The predicted octanol–water partition coefficient (Wildman–Crippen LogP) is 11.0. The number of rotatable bonds is 12. The fourth-order valence-corrected chi connectivity index (χ4v) is 8.10. The van der Waals surface area contributed by atoms with Crippen LogP contribution in [0, 0.1) is 49.4 Å². The van der Waals surface area contributed by atoms with Crippen molar-refractivity contribution < 1.29 is 18.9 Å². The van der Waals surface area contributed by atoms with Crippen molar-refractivity contribution in [3.8, 4) is 117 Å². The minimum atomic E-state index is 0.173. The number of hydrogen-bond donors (Lipinski definition) is 2. The van der Waals surface area contributed by atoms with Crippen LogP contribution in [0.3, 0.4) is 0 Å². The van der Waals surface area contributed by atoms with Crippen LogP contribution in [-0.2, 0) is 12.8 Å². The van der Waals surface area contributed by atoms with Crippen LogP contribution in [0.5, 0.6) is 23.0 Å². The molecule has 0 amide bonds. The molecule has 0 radical (unpaired) electrons. The Morgan fingerprint density at radius 2 is 0.656 bits per heavy atom. The number of nitrogens with one attached hydrogen (secondary N) is 2. The number of benzene rings is 4. The number of hydrogen-bond acceptors (Lipinski definition) is 6. The summed E-state index contributed by atoms with van der Waals surface area (Å²) in [4.78, 5) is 18.5. The van der Waals surface area contributed by atoms with E-state index in [2.05, 4.69) is 70.1 Å². The lowest BCUT2D eigenvalue weighted by Crippen LogP contribution is -1.94. The Bertz CT molecular complexity index is 3020. The first-order valence-electron chi connectivity index (χ1n) is 20.7. The van der Waals surface area contributed by atoms with E-state index < -0.39 is 0 Å². The second kappa shape index (κ2) is 18.4. The van der Waals surface area contributed by atoms with Crippen molar-refractivity contribution in [1.82, 2.24) is 19.9 Å². The fraction of sp³-hybridized carbons (Fsp3) is 0.107. The Morgan fingerprint density at radius 1 is 0.375 bits per heavy atom. The number of nitrogens with zero attached hydrogens (tertiary/aromatic N) is 2. The first kappa shape index (κ1) is 40.6. The zero-order valence-corrected chi connectivity index (χ0v) is 34.8. The monoisotopic (exact) mass is 832 g/mol. The van der Waals surface area contributed by atoms with E-state index >= 15 is 0 Å². The van der Waals surface area contributed by atoms with E-state index in [1.54, 1.807) is 0 Å². The van der Waals surface area contributed by atoms with Gasteiger partial charge in [-0.3, -0.25) is 4.98 Å². The highest BCUT2D eigenvalue weighted by atomic mass is 16.5. The summed E-state index contributed by atoms with van der Waals surface area (Å²) in [6.07, 6.45) is 27.5. The van der Waals surface area contributed by atoms with Crippen LogP contribution in [-0.4, -0.2) is 46.4 Å². The average molecular weight is 833 g/mol. The van der Waals surface area contributed by atoms with Gasteiger partial charge < -0.3 is 28.9 Å². The van der Waals surface area contributed by atoms with Crippen LogP contribution >= 0.6 is 0 Å². The summed E-state index contributed by atoms with van der Waals surface area (Å²) in [6, 6.07) is 40.2. The molecule has 2 aliphatic rings. The second-order valence-corrected chi connectivity index (χ2v) is 14.9. The summed E-state index contributed by atoms with van der Waals surface area (Å²) in [6.45, 7) is 0.702. The third-order valence-corrected chi connectivity index (χ3v) is 10.9. The molecule has 8 nitrogen and oxygen atoms in total. The van der Waals surface area contributed by atoms with Gasteiger partial charge in [-0.15, -0.1) is 25.7 Å². The van der Waals surface area contributed by atoms with Gasteiger partial charge in [0.05, 0.1) is 22.8 Å². The van der Waals surface area contributed by atoms with Gasteiger partial charge in [-0.05, 0) is 120 Å². The molecule has 0 saturated carbocycles. The third-order valence-electron chi connectivity index (χ3n) is 10.9. The van der Waals surface area contributed by atoms with Gasteiger partial charge >= 0.3 is 0 Å². The van der Waals surface area contributed by atoms with Gasteiger partial charge in [0, 0.05) is 44.3 Å². The van der Waals surface area contributed by atoms with E-state index in [-0.39, 0.29) is 26.4 Å². The van der Waals surface area contributed by atoms with Gasteiger partial charge in [0.15, 0.2) is 0 Å². The molecule has 9 rings (SSSR count). The van der Waals surface area contributed by atoms with E-state index in [0.717, 1.165) is 89.4 Å². The van der Waals surface area contributed by atoms with Crippen molar-refractivity contribution >= 4 is 34.2 Å². The summed E-state index contributed by atoms with van der Waals surface area (Å²) < 4.78 is 23.0. The van der Waals surface area contributed by atoms with Crippen LogP contribution in [0.15, 0.2) is 121 Å². The Morgan fingerprint density at radius 3 is 0.953 bits per heavy atom. The third kappa shape index (κ3) is 8.41. The topological polar surface area (TPSA) is 94.3 Å². The molecule has 64 heavy (non-hydrogen) atoms. The van der Waals surface area contributed by atoms with Gasteiger partial charge in [0.1, 0.15) is 49.4 Å². The minimum absolute atomic E-state index is 0.173. The Hall–Kier alpha value is -8.82. The molecule has 2 N–H and O–H groups in total. The molecule has 0 saturated heterocycles. The summed E-state index contributed by atoms with van der Waals surface area (Å²) in [5, 5.41) is 0. The summed E-state index contributed by atoms with van der Waals surface area (Å²) in [7, 11) is 0. The predicted molar refractivity (Wildman–Crippen MR) is 256 cm³/mol. The zero-order chi connectivity index (χ0) is 43.8. The van der Waals surface area contributed by atoms with Crippen molar-refractivity contribution in [1.29, 1.82) is 0 Å². The van der Waals surface area contributed by atoms with Crippen LogP contribution in [0.25, 0.3) is 78.7 Å². The summed E-state index contributed by atoms with van der Waals surface area (Å²) in [5.41, 5.74) is 14.5. The number of H-pyrrole nitrogens is 2. The van der Waals surface area contributed by atoms with Crippen molar-refractivity contribution in [2.75, 3.05) is 26.4 Å². The largest absolute Gasteiger partial charge is 0.481 e. The van der Waals surface area contributed by atoms with E-state index in [1.165, 1.54) is 0 Å². The molecule has 0 spiro atoms. The second-order valence-electron chi connectivity index (χ2n) is 14.9. The molecule has 8 bridgehead atoms. The van der Waals surface area contributed by atoms with Crippen molar-refractivity contribution in [3.63, 3.8) is 0 Å². The van der Waals surface area contributed by atoms with E-state index in [0.29, 0.717) is 35.8 Å². The molecule has 4 aromatic carbocycles. The van der Waals surface area contributed by atoms with Crippen molar-refractivity contribution in [3.05, 3.63) is 144 Å². The maximum Gasteiger partial charge on any atom is 0.148 e. The number of ether oxygens (including phenoxy) is 4. The van der Waals surface area contributed by atoms with Gasteiger partial charge in [-0.1, -0.05) is 72.2 Å². The van der Waals surface area contributed by atoms with E-state index in [4.69, 9.17) is 54.6 Å². The van der Waals surface area contributed by atoms with Crippen LogP contribution in [0.4, 0.5) is 0 Å². The Kier molecular flexibility index (Phi) is 11.7. The van der Waals surface area contributed by atoms with Gasteiger partial charge in [-0.2, -0.15) is 0 Å². The lowest BCUT2D eigenvalue weighted by atomic mass is 10.0. The molecule has 2 aliphatic heterocycles. The summed E-state index contributed by atoms with van der Waals surface area (Å²) in [5.74, 6) is 12.9. The SMILES string of the molecule is C#CCOc1ccc(-c2c3nc(c(-c4ccc(OCC#C)cc4)c4ccc([nH]4)c(-c4ccc(OCC#C)cc4)c4nc(c(-c5ccc(OCC#C)cc5)c5ccc2[nH]5)CC4)C=C3)cc1.